The molecule has 0 aliphatic heterocycles. The molecule has 0 saturated heterocycles. The van der Waals surface area contributed by atoms with E-state index < -0.39 is 0 Å². The lowest BCUT2D eigenvalue weighted by Crippen LogP contribution is -2.38. The van der Waals surface area contributed by atoms with Gasteiger partial charge in [-0.25, -0.2) is 0 Å². The van der Waals surface area contributed by atoms with E-state index in [1.165, 1.54) is 0 Å². The third-order valence-electron chi connectivity index (χ3n) is 4.78. The summed E-state index contributed by atoms with van der Waals surface area (Å²) in [4.78, 5) is 12.2. The lowest BCUT2D eigenvalue weighted by molar-refractivity contribution is -0.122. The van der Waals surface area contributed by atoms with Crippen molar-refractivity contribution in [2.45, 2.75) is 44.7 Å². The van der Waals surface area contributed by atoms with E-state index in [-0.39, 0.29) is 18.6 Å². The highest BCUT2D eigenvalue weighted by molar-refractivity contribution is 6.31. The van der Waals surface area contributed by atoms with Crippen LogP contribution in [0.15, 0.2) is 30.5 Å². The molecule has 1 heterocycles. The Morgan fingerprint density at radius 3 is 2.78 bits per heavy atom. The molecule has 0 spiro atoms. The predicted molar refractivity (Wildman–Crippen MR) is 92.5 cm³/mol. The summed E-state index contributed by atoms with van der Waals surface area (Å²) in [5, 5.41) is 14.1. The van der Waals surface area contributed by atoms with Crippen molar-refractivity contribution in [2.75, 3.05) is 6.61 Å². The maximum atomic E-state index is 12.2. The Hall–Kier alpha value is -1.52. The number of nitrogens with one attached hydrogen (secondary N) is 1. The van der Waals surface area contributed by atoms with Gasteiger partial charge in [-0.1, -0.05) is 11.6 Å². The molecule has 1 fully saturated rings. The molecule has 0 atom stereocenters. The van der Waals surface area contributed by atoms with Gasteiger partial charge in [-0.15, -0.1) is 0 Å². The highest BCUT2D eigenvalue weighted by Gasteiger charge is 2.21. The molecule has 1 aliphatic rings. The smallest absolute Gasteiger partial charge is 0.222 e. The van der Waals surface area contributed by atoms with Crippen LogP contribution in [0.25, 0.3) is 10.9 Å². The first-order chi connectivity index (χ1) is 11.2. The van der Waals surface area contributed by atoms with Crippen molar-refractivity contribution in [3.05, 3.63) is 35.5 Å². The van der Waals surface area contributed by atoms with Crippen LogP contribution in [0, 0.1) is 5.92 Å². The zero-order valence-electron chi connectivity index (χ0n) is 13.2. The number of rotatable bonds is 5. The van der Waals surface area contributed by atoms with Gasteiger partial charge in [-0.3, -0.25) is 4.79 Å². The highest BCUT2D eigenvalue weighted by atomic mass is 35.5. The first kappa shape index (κ1) is 16.3. The first-order valence-corrected chi connectivity index (χ1v) is 8.68. The highest BCUT2D eigenvalue weighted by Crippen LogP contribution is 2.24. The van der Waals surface area contributed by atoms with E-state index in [0.717, 1.165) is 41.6 Å². The number of aromatic nitrogens is 1. The molecule has 1 aromatic heterocycles. The minimum Gasteiger partial charge on any atom is -0.396 e. The van der Waals surface area contributed by atoms with Gasteiger partial charge in [0.1, 0.15) is 0 Å². The van der Waals surface area contributed by atoms with Gasteiger partial charge in [0.05, 0.1) is 0 Å². The fraction of sp³-hybridized carbons (Fsp3) is 0.500. The molecule has 2 N–H and O–H groups in total. The van der Waals surface area contributed by atoms with Crippen molar-refractivity contribution in [2.24, 2.45) is 5.92 Å². The SMILES string of the molecule is O=C(CCn1ccc2cc(Cl)ccc21)NC1CCC(CO)CC1. The lowest BCUT2D eigenvalue weighted by Gasteiger charge is -2.28. The fourth-order valence-corrected chi connectivity index (χ4v) is 3.56. The minimum atomic E-state index is 0.105. The van der Waals surface area contributed by atoms with Crippen molar-refractivity contribution in [1.29, 1.82) is 0 Å². The maximum absolute atomic E-state index is 12.2. The number of nitrogens with zero attached hydrogens (tertiary/aromatic N) is 1. The number of amides is 1. The Morgan fingerprint density at radius 1 is 1.26 bits per heavy atom. The number of carbonyl (C=O) groups excluding carboxylic acids is 1. The molecule has 3 rings (SSSR count). The topological polar surface area (TPSA) is 54.3 Å². The summed E-state index contributed by atoms with van der Waals surface area (Å²) in [6, 6.07) is 8.10. The number of carbonyl (C=O) groups is 1. The Labute approximate surface area is 141 Å². The van der Waals surface area contributed by atoms with Gasteiger partial charge in [-0.2, -0.15) is 0 Å². The average Bonchev–Trinajstić information content (AvgIpc) is 2.95. The number of hydrogen-bond donors (Lipinski definition) is 2. The molecule has 124 valence electrons. The van der Waals surface area contributed by atoms with Crippen LogP contribution < -0.4 is 5.32 Å². The van der Waals surface area contributed by atoms with Crippen molar-refractivity contribution < 1.29 is 9.90 Å². The Balaban J connectivity index is 1.50. The summed E-state index contributed by atoms with van der Waals surface area (Å²) in [5.74, 6) is 0.523. The summed E-state index contributed by atoms with van der Waals surface area (Å²) in [6.45, 7) is 0.939. The summed E-state index contributed by atoms with van der Waals surface area (Å²) in [6.07, 6.45) is 6.44. The van der Waals surface area contributed by atoms with Crippen molar-refractivity contribution >= 4 is 28.4 Å². The van der Waals surface area contributed by atoms with E-state index in [2.05, 4.69) is 9.88 Å². The van der Waals surface area contributed by atoms with E-state index in [4.69, 9.17) is 16.7 Å². The third kappa shape index (κ3) is 4.06. The number of benzene rings is 1. The quantitative estimate of drug-likeness (QED) is 0.881. The number of aliphatic hydroxyl groups is 1. The predicted octanol–water partition coefficient (Wildman–Crippen LogP) is 3.35. The standard InChI is InChI=1S/C18H23ClN2O2/c19-15-3-6-17-14(11-15)7-9-21(17)10-8-18(23)20-16-4-1-13(12-22)2-5-16/h3,6-7,9,11,13,16,22H,1-2,4-5,8,10,12H2,(H,20,23). The van der Waals surface area contributed by atoms with E-state index in [0.29, 0.717) is 18.9 Å². The monoisotopic (exact) mass is 334 g/mol. The second-order valence-corrected chi connectivity index (χ2v) is 6.87. The molecule has 0 bridgehead atoms. The normalized spacial score (nSPS) is 21.5. The van der Waals surface area contributed by atoms with Gasteiger partial charge in [0.25, 0.3) is 0 Å². The zero-order chi connectivity index (χ0) is 16.2. The van der Waals surface area contributed by atoms with Crippen LogP contribution in [0.3, 0.4) is 0 Å². The Bertz CT molecular complexity index is 675. The van der Waals surface area contributed by atoms with Gasteiger partial charge in [0, 0.05) is 47.7 Å². The molecular formula is C18H23ClN2O2. The molecule has 23 heavy (non-hydrogen) atoms. The molecule has 0 radical (unpaired) electrons. The molecule has 2 aromatic rings. The van der Waals surface area contributed by atoms with E-state index in [1.54, 1.807) is 0 Å². The van der Waals surface area contributed by atoms with Crippen LogP contribution in [0.4, 0.5) is 0 Å². The maximum Gasteiger partial charge on any atom is 0.222 e. The number of aliphatic hydroxyl groups excluding tert-OH is 1. The average molecular weight is 335 g/mol. The van der Waals surface area contributed by atoms with Crippen LogP contribution in [0.1, 0.15) is 32.1 Å². The largest absolute Gasteiger partial charge is 0.396 e. The Kier molecular flexibility index (Phi) is 5.23. The number of hydrogen-bond acceptors (Lipinski definition) is 2. The van der Waals surface area contributed by atoms with Gasteiger partial charge < -0.3 is 15.0 Å². The van der Waals surface area contributed by atoms with Crippen LogP contribution in [-0.2, 0) is 11.3 Å². The molecule has 5 heteroatoms. The minimum absolute atomic E-state index is 0.105. The molecular weight excluding hydrogens is 312 g/mol. The summed E-state index contributed by atoms with van der Waals surface area (Å²) in [7, 11) is 0. The first-order valence-electron chi connectivity index (χ1n) is 8.30. The zero-order valence-corrected chi connectivity index (χ0v) is 13.9. The van der Waals surface area contributed by atoms with Crippen LogP contribution in [0.5, 0.6) is 0 Å². The number of fused-ring (bicyclic) bond motifs is 1. The summed E-state index contributed by atoms with van der Waals surface area (Å²) >= 11 is 6.00. The van der Waals surface area contributed by atoms with Gasteiger partial charge in [0.15, 0.2) is 0 Å². The molecule has 1 saturated carbocycles. The van der Waals surface area contributed by atoms with Crippen molar-refractivity contribution in [3.63, 3.8) is 0 Å². The molecule has 1 aliphatic carbocycles. The second-order valence-electron chi connectivity index (χ2n) is 6.43. The second kappa shape index (κ2) is 7.37. The number of aryl methyl sites for hydroxylation is 1. The van der Waals surface area contributed by atoms with E-state index >= 15 is 0 Å². The molecule has 4 nitrogen and oxygen atoms in total. The van der Waals surface area contributed by atoms with Gasteiger partial charge in [-0.05, 0) is 55.9 Å². The Morgan fingerprint density at radius 2 is 2.04 bits per heavy atom. The number of halogens is 1. The lowest BCUT2D eigenvalue weighted by atomic mass is 9.86. The fourth-order valence-electron chi connectivity index (χ4n) is 3.38. The third-order valence-corrected chi connectivity index (χ3v) is 5.02. The van der Waals surface area contributed by atoms with E-state index in [9.17, 15) is 4.79 Å². The van der Waals surface area contributed by atoms with Crippen LogP contribution in [0.2, 0.25) is 5.02 Å². The molecule has 1 amide bonds. The van der Waals surface area contributed by atoms with Gasteiger partial charge >= 0.3 is 0 Å². The van der Waals surface area contributed by atoms with Crippen LogP contribution >= 0.6 is 11.6 Å². The van der Waals surface area contributed by atoms with Gasteiger partial charge in [0.2, 0.25) is 5.91 Å². The van der Waals surface area contributed by atoms with E-state index in [1.807, 2.05) is 30.5 Å². The summed E-state index contributed by atoms with van der Waals surface area (Å²) in [5.41, 5.74) is 1.10. The van der Waals surface area contributed by atoms with Crippen LogP contribution in [-0.4, -0.2) is 28.2 Å². The molecule has 0 unspecified atom stereocenters. The summed E-state index contributed by atoms with van der Waals surface area (Å²) < 4.78 is 2.09. The molecule has 1 aromatic carbocycles. The van der Waals surface area contributed by atoms with Crippen molar-refractivity contribution in [3.8, 4) is 0 Å². The van der Waals surface area contributed by atoms with Crippen molar-refractivity contribution in [1.82, 2.24) is 9.88 Å².